The fourth-order valence-corrected chi connectivity index (χ4v) is 2.85. The van der Waals surface area contributed by atoms with Crippen LogP contribution >= 0.6 is 11.6 Å². The van der Waals surface area contributed by atoms with Gasteiger partial charge in [0.05, 0.1) is 6.04 Å². The zero-order chi connectivity index (χ0) is 19.4. The number of rotatable bonds is 6. The van der Waals surface area contributed by atoms with Gasteiger partial charge in [0.1, 0.15) is 5.82 Å². The van der Waals surface area contributed by atoms with Crippen LogP contribution < -0.4 is 5.32 Å². The first-order valence-electron chi connectivity index (χ1n) is 8.37. The molecule has 2 aromatic carbocycles. The van der Waals surface area contributed by atoms with Gasteiger partial charge in [0, 0.05) is 23.2 Å². The lowest BCUT2D eigenvalue weighted by molar-refractivity contribution is 0.0933. The van der Waals surface area contributed by atoms with Gasteiger partial charge in [-0.15, -0.1) is 0 Å². The van der Waals surface area contributed by atoms with Crippen molar-refractivity contribution in [2.24, 2.45) is 0 Å². The second kappa shape index (κ2) is 8.33. The third kappa shape index (κ3) is 4.72. The monoisotopic (exact) mass is 387 g/mol. The van der Waals surface area contributed by atoms with Gasteiger partial charge in [-0.3, -0.25) is 4.79 Å². The smallest absolute Gasteiger partial charge is 0.273 e. The zero-order valence-electron chi connectivity index (χ0n) is 14.9. The molecule has 1 atom stereocenters. The summed E-state index contributed by atoms with van der Waals surface area (Å²) in [5.74, 6) is -0.192. The van der Waals surface area contributed by atoms with E-state index in [0.29, 0.717) is 17.3 Å². The third-order valence-electron chi connectivity index (χ3n) is 4.18. The second-order valence-corrected chi connectivity index (χ2v) is 6.76. The van der Waals surface area contributed by atoms with Crippen LogP contribution in [0.1, 0.15) is 22.1 Å². The van der Waals surface area contributed by atoms with Gasteiger partial charge in [0.15, 0.2) is 11.5 Å². The molecule has 0 aliphatic carbocycles. The molecule has 0 spiro atoms. The summed E-state index contributed by atoms with van der Waals surface area (Å²) in [6.45, 7) is 0.304. The number of hydrogen-bond donors (Lipinski definition) is 1. The average Bonchev–Trinajstić information content (AvgIpc) is 3.12. The molecule has 0 saturated carbocycles. The Morgan fingerprint density at radius 2 is 1.96 bits per heavy atom. The van der Waals surface area contributed by atoms with Gasteiger partial charge < -0.3 is 14.7 Å². The average molecular weight is 388 g/mol. The van der Waals surface area contributed by atoms with E-state index < -0.39 is 0 Å². The first-order valence-corrected chi connectivity index (χ1v) is 8.74. The van der Waals surface area contributed by atoms with Crippen LogP contribution in [-0.2, 0) is 0 Å². The van der Waals surface area contributed by atoms with Gasteiger partial charge >= 0.3 is 0 Å². The van der Waals surface area contributed by atoms with Crippen LogP contribution in [-0.4, -0.2) is 36.6 Å². The van der Waals surface area contributed by atoms with Crippen LogP contribution in [0.25, 0.3) is 11.3 Å². The first-order chi connectivity index (χ1) is 12.9. The predicted molar refractivity (Wildman–Crippen MR) is 102 cm³/mol. The number of benzene rings is 2. The lowest BCUT2D eigenvalue weighted by Crippen LogP contribution is -2.34. The number of amides is 1. The maximum atomic E-state index is 13.5. The van der Waals surface area contributed by atoms with Gasteiger partial charge in [-0.1, -0.05) is 28.9 Å². The van der Waals surface area contributed by atoms with Crippen molar-refractivity contribution < 1.29 is 13.7 Å². The Hall–Kier alpha value is -2.70. The van der Waals surface area contributed by atoms with Crippen molar-refractivity contribution in [3.63, 3.8) is 0 Å². The molecule has 1 heterocycles. The molecule has 0 radical (unpaired) electrons. The Morgan fingerprint density at radius 1 is 1.22 bits per heavy atom. The molecular weight excluding hydrogens is 369 g/mol. The molecule has 3 rings (SSSR count). The topological polar surface area (TPSA) is 58.4 Å². The van der Waals surface area contributed by atoms with Crippen molar-refractivity contribution in [2.75, 3.05) is 20.6 Å². The van der Waals surface area contributed by atoms with E-state index >= 15 is 0 Å². The number of aromatic nitrogens is 1. The number of nitrogens with zero attached hydrogens (tertiary/aromatic N) is 2. The van der Waals surface area contributed by atoms with E-state index in [1.807, 2.05) is 25.1 Å². The molecule has 140 valence electrons. The normalized spacial score (nSPS) is 12.2. The SMILES string of the molecule is CN(C)[C@@H](CNC(=O)c1cc(-c2ccc(Cl)cc2)on1)c1cccc(F)c1. The minimum absolute atomic E-state index is 0.174. The highest BCUT2D eigenvalue weighted by molar-refractivity contribution is 6.30. The maximum Gasteiger partial charge on any atom is 0.273 e. The number of carbonyl (C=O) groups is 1. The lowest BCUT2D eigenvalue weighted by Gasteiger charge is -2.25. The largest absolute Gasteiger partial charge is 0.355 e. The van der Waals surface area contributed by atoms with E-state index in [-0.39, 0.29) is 23.5 Å². The number of halogens is 2. The van der Waals surface area contributed by atoms with Crippen molar-refractivity contribution >= 4 is 17.5 Å². The molecule has 1 aromatic heterocycles. The van der Waals surface area contributed by atoms with Gasteiger partial charge in [-0.2, -0.15) is 0 Å². The predicted octanol–water partition coefficient (Wildman–Crippen LogP) is 4.17. The summed E-state index contributed by atoms with van der Waals surface area (Å²) < 4.78 is 18.8. The van der Waals surface area contributed by atoms with Gasteiger partial charge in [-0.25, -0.2) is 4.39 Å². The standard InChI is InChI=1S/C20H19ClFN3O2/c1-25(2)18(14-4-3-5-16(22)10-14)12-23-20(26)17-11-19(27-24-17)13-6-8-15(21)9-7-13/h3-11,18H,12H2,1-2H3,(H,23,26)/t18-/m0/s1. The van der Waals surface area contributed by atoms with E-state index in [1.54, 1.807) is 36.4 Å². The maximum absolute atomic E-state index is 13.5. The van der Waals surface area contributed by atoms with E-state index in [9.17, 15) is 9.18 Å². The van der Waals surface area contributed by atoms with E-state index in [1.165, 1.54) is 12.1 Å². The zero-order valence-corrected chi connectivity index (χ0v) is 15.7. The van der Waals surface area contributed by atoms with Crippen molar-refractivity contribution in [2.45, 2.75) is 6.04 Å². The summed E-state index contributed by atoms with van der Waals surface area (Å²) in [4.78, 5) is 14.3. The molecule has 0 bridgehead atoms. The Labute approximate surface area is 161 Å². The van der Waals surface area contributed by atoms with E-state index in [4.69, 9.17) is 16.1 Å². The van der Waals surface area contributed by atoms with Crippen LogP contribution in [0.15, 0.2) is 59.1 Å². The first kappa shape index (κ1) is 19.1. The summed E-state index contributed by atoms with van der Waals surface area (Å²) in [7, 11) is 3.74. The molecule has 3 aromatic rings. The van der Waals surface area contributed by atoms with E-state index in [2.05, 4.69) is 10.5 Å². The van der Waals surface area contributed by atoms with Crippen molar-refractivity contribution in [1.29, 1.82) is 0 Å². The van der Waals surface area contributed by atoms with Crippen LogP contribution in [0.4, 0.5) is 4.39 Å². The quantitative estimate of drug-likeness (QED) is 0.689. The second-order valence-electron chi connectivity index (χ2n) is 6.33. The Kier molecular flexibility index (Phi) is 5.88. The number of hydrogen-bond acceptors (Lipinski definition) is 4. The van der Waals surface area contributed by atoms with Crippen LogP contribution in [0.5, 0.6) is 0 Å². The number of carbonyl (C=O) groups excluding carboxylic acids is 1. The molecule has 0 unspecified atom stereocenters. The van der Waals surface area contributed by atoms with Crippen molar-refractivity contribution in [1.82, 2.24) is 15.4 Å². The molecule has 0 aliphatic heterocycles. The molecule has 7 heteroatoms. The Bertz CT molecular complexity index is 925. The lowest BCUT2D eigenvalue weighted by atomic mass is 10.1. The Balaban J connectivity index is 1.68. The molecule has 1 N–H and O–H groups in total. The third-order valence-corrected chi connectivity index (χ3v) is 4.44. The van der Waals surface area contributed by atoms with Crippen molar-refractivity contribution in [3.8, 4) is 11.3 Å². The molecule has 5 nitrogen and oxygen atoms in total. The van der Waals surface area contributed by atoms with Crippen LogP contribution in [0.2, 0.25) is 5.02 Å². The van der Waals surface area contributed by atoms with Crippen LogP contribution in [0.3, 0.4) is 0 Å². The molecule has 1 amide bonds. The highest BCUT2D eigenvalue weighted by Crippen LogP contribution is 2.23. The molecule has 0 fully saturated rings. The highest BCUT2D eigenvalue weighted by Gasteiger charge is 2.18. The molecule has 0 aliphatic rings. The number of likely N-dealkylation sites (N-methyl/N-ethyl adjacent to an activating group) is 1. The fraction of sp³-hybridized carbons (Fsp3) is 0.200. The fourth-order valence-electron chi connectivity index (χ4n) is 2.72. The van der Waals surface area contributed by atoms with Crippen molar-refractivity contribution in [3.05, 3.63) is 76.7 Å². The van der Waals surface area contributed by atoms with Gasteiger partial charge in [-0.05, 0) is 56.1 Å². The van der Waals surface area contributed by atoms with E-state index in [0.717, 1.165) is 11.1 Å². The molecule has 0 saturated heterocycles. The highest BCUT2D eigenvalue weighted by atomic mass is 35.5. The van der Waals surface area contributed by atoms with Gasteiger partial charge in [0.2, 0.25) is 0 Å². The summed E-state index contributed by atoms with van der Waals surface area (Å²) in [6.07, 6.45) is 0. The minimum Gasteiger partial charge on any atom is -0.355 e. The van der Waals surface area contributed by atoms with Crippen LogP contribution in [0, 0.1) is 5.82 Å². The minimum atomic E-state index is -0.359. The summed E-state index contributed by atoms with van der Waals surface area (Å²) >= 11 is 5.87. The summed E-state index contributed by atoms with van der Waals surface area (Å²) in [5.41, 5.74) is 1.73. The number of nitrogens with one attached hydrogen (secondary N) is 1. The summed E-state index contributed by atoms with van der Waals surface area (Å²) in [5, 5.41) is 7.27. The Morgan fingerprint density at radius 3 is 2.63 bits per heavy atom. The summed E-state index contributed by atoms with van der Waals surface area (Å²) in [6, 6.07) is 14.8. The van der Waals surface area contributed by atoms with Gasteiger partial charge in [0.25, 0.3) is 5.91 Å². The molecular formula is C20H19ClFN3O2. The molecule has 27 heavy (non-hydrogen) atoms.